The van der Waals surface area contributed by atoms with E-state index in [1.54, 1.807) is 6.33 Å². The van der Waals surface area contributed by atoms with E-state index in [4.69, 9.17) is 0 Å². The summed E-state index contributed by atoms with van der Waals surface area (Å²) in [4.78, 5) is 30.2. The minimum atomic E-state index is -0.307. The number of benzene rings is 1. The lowest BCUT2D eigenvalue weighted by atomic mass is 10.0. The summed E-state index contributed by atoms with van der Waals surface area (Å²) in [6.07, 6.45) is 5.40. The Kier molecular flexibility index (Phi) is 5.42. The molecule has 2 aromatic rings. The van der Waals surface area contributed by atoms with Gasteiger partial charge in [-0.05, 0) is 18.4 Å². The van der Waals surface area contributed by atoms with E-state index in [0.29, 0.717) is 6.54 Å². The number of hydrogen-bond acceptors (Lipinski definition) is 4. The van der Waals surface area contributed by atoms with Crippen LogP contribution in [0, 0.1) is 0 Å². The van der Waals surface area contributed by atoms with E-state index >= 15 is 0 Å². The molecule has 0 spiro atoms. The molecule has 1 aliphatic heterocycles. The van der Waals surface area contributed by atoms with Crippen LogP contribution in [-0.2, 0) is 9.59 Å². The van der Waals surface area contributed by atoms with Crippen LogP contribution in [0.1, 0.15) is 43.8 Å². The van der Waals surface area contributed by atoms with Gasteiger partial charge in [0.15, 0.2) is 0 Å². The third-order valence-corrected chi connectivity index (χ3v) is 4.52. The molecule has 1 aliphatic rings. The molecule has 1 N–H and O–H groups in total. The molecule has 0 radical (unpaired) electrons. The van der Waals surface area contributed by atoms with E-state index < -0.39 is 0 Å². The first-order valence-corrected chi connectivity index (χ1v) is 8.57. The number of aromatic nitrogens is 3. The first-order valence-electron chi connectivity index (χ1n) is 8.57. The zero-order valence-electron chi connectivity index (χ0n) is 14.3. The van der Waals surface area contributed by atoms with Gasteiger partial charge in [0, 0.05) is 20.0 Å². The Morgan fingerprint density at radius 3 is 2.80 bits per heavy atom. The van der Waals surface area contributed by atoms with E-state index in [2.05, 4.69) is 15.4 Å². The molecule has 2 amide bonds. The van der Waals surface area contributed by atoms with Gasteiger partial charge in [0.1, 0.15) is 12.7 Å². The summed E-state index contributed by atoms with van der Waals surface area (Å²) in [5.41, 5.74) is 0.941. The van der Waals surface area contributed by atoms with Crippen LogP contribution >= 0.6 is 0 Å². The molecule has 7 heteroatoms. The van der Waals surface area contributed by atoms with Gasteiger partial charge in [-0.1, -0.05) is 30.3 Å². The summed E-state index contributed by atoms with van der Waals surface area (Å²) < 4.78 is 1.82. The topological polar surface area (TPSA) is 80.1 Å². The van der Waals surface area contributed by atoms with E-state index in [1.807, 2.05) is 39.9 Å². The summed E-state index contributed by atoms with van der Waals surface area (Å²) in [6, 6.07) is 9.47. The van der Waals surface area contributed by atoms with Gasteiger partial charge >= 0.3 is 0 Å². The minimum absolute atomic E-state index is 0.0485. The predicted molar refractivity (Wildman–Crippen MR) is 92.5 cm³/mol. The van der Waals surface area contributed by atoms with Crippen LogP contribution in [0.3, 0.4) is 0 Å². The van der Waals surface area contributed by atoms with Gasteiger partial charge in [0.25, 0.3) is 0 Å². The van der Waals surface area contributed by atoms with Crippen molar-refractivity contribution in [2.45, 2.75) is 38.3 Å². The summed E-state index contributed by atoms with van der Waals surface area (Å²) in [5.74, 6) is -0.0896. The average Bonchev–Trinajstić information content (AvgIpc) is 3.16. The van der Waals surface area contributed by atoms with Crippen molar-refractivity contribution in [3.05, 3.63) is 48.5 Å². The molecule has 25 heavy (non-hydrogen) atoms. The average molecular weight is 341 g/mol. The van der Waals surface area contributed by atoms with Gasteiger partial charge < -0.3 is 10.2 Å². The van der Waals surface area contributed by atoms with Crippen molar-refractivity contribution in [3.63, 3.8) is 0 Å². The molecule has 2 atom stereocenters. The second-order valence-corrected chi connectivity index (χ2v) is 6.38. The van der Waals surface area contributed by atoms with Crippen LogP contribution in [0.4, 0.5) is 0 Å². The van der Waals surface area contributed by atoms with Crippen LogP contribution in [0.2, 0.25) is 0 Å². The van der Waals surface area contributed by atoms with Crippen molar-refractivity contribution in [2.75, 3.05) is 13.1 Å². The fraction of sp³-hybridized carbons (Fsp3) is 0.444. The Morgan fingerprint density at radius 1 is 1.32 bits per heavy atom. The molecule has 0 aliphatic carbocycles. The number of carbonyl (C=O) groups is 2. The lowest BCUT2D eigenvalue weighted by Gasteiger charge is -2.33. The van der Waals surface area contributed by atoms with Crippen molar-refractivity contribution in [3.8, 4) is 0 Å². The molecule has 0 saturated carbocycles. The number of amides is 2. The molecule has 1 aromatic carbocycles. The smallest absolute Gasteiger partial charge is 0.225 e. The van der Waals surface area contributed by atoms with Crippen LogP contribution in [0.5, 0.6) is 0 Å². The molecule has 1 aromatic heterocycles. The first-order chi connectivity index (χ1) is 12.1. The monoisotopic (exact) mass is 341 g/mol. The van der Waals surface area contributed by atoms with Gasteiger partial charge in [-0.15, -0.1) is 0 Å². The molecule has 0 bridgehead atoms. The van der Waals surface area contributed by atoms with Crippen molar-refractivity contribution in [1.29, 1.82) is 0 Å². The summed E-state index contributed by atoms with van der Waals surface area (Å²) in [7, 11) is 0. The Labute approximate surface area is 147 Å². The van der Waals surface area contributed by atoms with E-state index in [9.17, 15) is 9.59 Å². The third kappa shape index (κ3) is 4.43. The summed E-state index contributed by atoms with van der Waals surface area (Å²) >= 11 is 0. The summed E-state index contributed by atoms with van der Waals surface area (Å²) in [6.45, 7) is 2.84. The molecule has 2 heterocycles. The maximum Gasteiger partial charge on any atom is 0.225 e. The lowest BCUT2D eigenvalue weighted by molar-refractivity contribution is -0.133. The number of rotatable bonds is 5. The highest BCUT2D eigenvalue weighted by Crippen LogP contribution is 2.23. The van der Waals surface area contributed by atoms with E-state index in [1.165, 1.54) is 13.3 Å². The van der Waals surface area contributed by atoms with Gasteiger partial charge in [0.05, 0.1) is 18.5 Å². The maximum atomic E-state index is 12.8. The van der Waals surface area contributed by atoms with Crippen LogP contribution in [0.15, 0.2) is 43.0 Å². The fourth-order valence-electron chi connectivity index (χ4n) is 3.29. The molecule has 0 unspecified atom stereocenters. The molecule has 7 nitrogen and oxygen atoms in total. The van der Waals surface area contributed by atoms with E-state index in [0.717, 1.165) is 24.9 Å². The Balaban J connectivity index is 1.67. The number of carbonyl (C=O) groups excluding carboxylic acids is 2. The first kappa shape index (κ1) is 17.1. The van der Waals surface area contributed by atoms with Crippen molar-refractivity contribution in [2.24, 2.45) is 0 Å². The second kappa shape index (κ2) is 7.92. The highest BCUT2D eigenvalue weighted by molar-refractivity contribution is 5.79. The van der Waals surface area contributed by atoms with Gasteiger partial charge in [-0.2, -0.15) is 5.10 Å². The molecule has 132 valence electrons. The van der Waals surface area contributed by atoms with Crippen LogP contribution < -0.4 is 5.32 Å². The maximum absolute atomic E-state index is 12.8. The number of nitrogens with one attached hydrogen (secondary N) is 1. The Hall–Kier alpha value is -2.70. The zero-order valence-corrected chi connectivity index (χ0v) is 14.3. The predicted octanol–water partition coefficient (Wildman–Crippen LogP) is 1.71. The molecule has 3 rings (SSSR count). The zero-order chi connectivity index (χ0) is 17.6. The van der Waals surface area contributed by atoms with Crippen molar-refractivity contribution in [1.82, 2.24) is 25.0 Å². The van der Waals surface area contributed by atoms with Crippen molar-refractivity contribution >= 4 is 11.8 Å². The standard InChI is InChI=1S/C18H23N5O2/c1-14(24)21-17(15-6-3-2-4-7-15)10-18(25)22-9-5-8-16(11-22)23-13-19-12-20-23/h2-4,6-7,12-13,16-17H,5,8-11H2,1H3,(H,21,24)/t16-,17+/m0/s1. The summed E-state index contributed by atoms with van der Waals surface area (Å²) in [5, 5.41) is 7.08. The highest BCUT2D eigenvalue weighted by atomic mass is 16.2. The van der Waals surface area contributed by atoms with Gasteiger partial charge in [-0.25, -0.2) is 9.67 Å². The second-order valence-electron chi connectivity index (χ2n) is 6.38. The lowest BCUT2D eigenvalue weighted by Crippen LogP contribution is -2.42. The van der Waals surface area contributed by atoms with Gasteiger partial charge in [-0.3, -0.25) is 9.59 Å². The van der Waals surface area contributed by atoms with Crippen molar-refractivity contribution < 1.29 is 9.59 Å². The largest absolute Gasteiger partial charge is 0.349 e. The quantitative estimate of drug-likeness (QED) is 0.898. The highest BCUT2D eigenvalue weighted by Gasteiger charge is 2.27. The van der Waals surface area contributed by atoms with Gasteiger partial charge in [0.2, 0.25) is 11.8 Å². The number of nitrogens with zero attached hydrogens (tertiary/aromatic N) is 4. The fourth-order valence-corrected chi connectivity index (χ4v) is 3.29. The minimum Gasteiger partial charge on any atom is -0.349 e. The Morgan fingerprint density at radius 2 is 2.12 bits per heavy atom. The molecule has 1 saturated heterocycles. The molecular weight excluding hydrogens is 318 g/mol. The molecule has 1 fully saturated rings. The SMILES string of the molecule is CC(=O)N[C@H](CC(=O)N1CCC[C@H](n2cncn2)C1)c1ccccc1. The van der Waals surface area contributed by atoms with Crippen LogP contribution in [-0.4, -0.2) is 44.6 Å². The Bertz CT molecular complexity index is 702. The number of likely N-dealkylation sites (tertiary alicyclic amines) is 1. The third-order valence-electron chi connectivity index (χ3n) is 4.52. The van der Waals surface area contributed by atoms with Crippen LogP contribution in [0.25, 0.3) is 0 Å². The van der Waals surface area contributed by atoms with E-state index in [-0.39, 0.29) is 30.3 Å². The number of hydrogen-bond donors (Lipinski definition) is 1. The molecular formula is C18H23N5O2. The number of piperidine rings is 1. The normalized spacial score (nSPS) is 18.6.